The molecule has 0 aromatic rings. The van der Waals surface area contributed by atoms with E-state index in [-0.39, 0.29) is 32.0 Å². The summed E-state index contributed by atoms with van der Waals surface area (Å²) >= 11 is 0. The molecular formula is C94H166NO8P. The van der Waals surface area contributed by atoms with Crippen LogP contribution in [0.2, 0.25) is 0 Å². The van der Waals surface area contributed by atoms with Crippen molar-refractivity contribution in [2.24, 2.45) is 0 Å². The minimum absolute atomic E-state index is 0.0335. The number of phosphoric acid groups is 1. The van der Waals surface area contributed by atoms with Gasteiger partial charge in [-0.2, -0.15) is 0 Å². The molecule has 9 nitrogen and oxygen atoms in total. The summed E-state index contributed by atoms with van der Waals surface area (Å²) in [4.78, 5) is 38.3. The summed E-state index contributed by atoms with van der Waals surface area (Å²) in [6, 6.07) is 0. The molecule has 0 aliphatic rings. The summed E-state index contributed by atoms with van der Waals surface area (Å²) in [5.74, 6) is -0.822. The topological polar surface area (TPSA) is 111 Å². The number of carbonyl (C=O) groups is 2. The molecule has 0 rings (SSSR count). The Labute approximate surface area is 644 Å². The van der Waals surface area contributed by atoms with Crippen molar-refractivity contribution in [2.45, 2.75) is 405 Å². The van der Waals surface area contributed by atoms with Gasteiger partial charge in [0.05, 0.1) is 27.7 Å². The fraction of sp³-hybridized carbons (Fsp3) is 0.745. The molecule has 2 atom stereocenters. The number of hydrogen-bond donors (Lipinski definition) is 0. The monoisotopic (exact) mass is 1470 g/mol. The second-order valence-corrected chi connectivity index (χ2v) is 31.9. The van der Waals surface area contributed by atoms with Crippen LogP contribution in [0.4, 0.5) is 0 Å². The molecule has 0 fully saturated rings. The first kappa shape index (κ1) is 100. The third kappa shape index (κ3) is 87.1. The molecule has 600 valence electrons. The van der Waals surface area contributed by atoms with Crippen LogP contribution in [0.15, 0.2) is 134 Å². The molecule has 0 aromatic heterocycles. The number of esters is 2. The molecule has 0 spiro atoms. The van der Waals surface area contributed by atoms with E-state index in [1.165, 1.54) is 263 Å². The van der Waals surface area contributed by atoms with E-state index in [1.807, 2.05) is 21.1 Å². The molecule has 0 radical (unpaired) electrons. The fourth-order valence-corrected chi connectivity index (χ4v) is 13.2. The van der Waals surface area contributed by atoms with Crippen molar-refractivity contribution in [2.75, 3.05) is 47.5 Å². The van der Waals surface area contributed by atoms with E-state index in [0.717, 1.165) is 103 Å². The number of quaternary nitrogens is 1. The second-order valence-electron chi connectivity index (χ2n) is 30.5. The smallest absolute Gasteiger partial charge is 0.306 e. The lowest BCUT2D eigenvalue weighted by Gasteiger charge is -2.28. The van der Waals surface area contributed by atoms with Crippen molar-refractivity contribution < 1.29 is 42.1 Å². The van der Waals surface area contributed by atoms with Gasteiger partial charge >= 0.3 is 11.9 Å². The van der Waals surface area contributed by atoms with Gasteiger partial charge in [0.1, 0.15) is 19.8 Å². The molecule has 0 aromatic carbocycles. The molecule has 0 amide bonds. The number of nitrogens with zero attached hydrogens (tertiary/aromatic N) is 1. The van der Waals surface area contributed by atoms with Crippen LogP contribution >= 0.6 is 7.82 Å². The van der Waals surface area contributed by atoms with Crippen molar-refractivity contribution >= 4 is 19.8 Å². The lowest BCUT2D eigenvalue weighted by atomic mass is 10.0. The molecule has 0 aliphatic carbocycles. The third-order valence-electron chi connectivity index (χ3n) is 19.2. The Morgan fingerprint density at radius 1 is 0.308 bits per heavy atom. The Balaban J connectivity index is 3.93. The maximum Gasteiger partial charge on any atom is 0.306 e. The van der Waals surface area contributed by atoms with Gasteiger partial charge in [0.15, 0.2) is 6.10 Å². The van der Waals surface area contributed by atoms with Gasteiger partial charge in [0.25, 0.3) is 7.82 Å². The zero-order valence-corrected chi connectivity index (χ0v) is 69.6. The largest absolute Gasteiger partial charge is 0.756 e. The van der Waals surface area contributed by atoms with Gasteiger partial charge in [-0.3, -0.25) is 14.2 Å². The first-order valence-electron chi connectivity index (χ1n) is 43.9. The molecule has 0 saturated heterocycles. The average molecular weight is 1470 g/mol. The maximum atomic E-state index is 12.9. The first-order valence-corrected chi connectivity index (χ1v) is 45.4. The SMILES string of the molecule is CC/C=C\C/C=C\C/C=C\C/C=C\C/C=C\C/C=C\C/C=C\C/C=C\C/C=C\CCCCCCCCCCCCCCCC(=O)OC(COC(=O)CCCCCCCCCCCCCCCCCCCCCCCCCCCCC/C=C\C/C=C\CCCCCCC)COP(=O)([O-])OCC[N+](C)(C)C. The van der Waals surface area contributed by atoms with Gasteiger partial charge < -0.3 is 27.9 Å². The van der Waals surface area contributed by atoms with Gasteiger partial charge in [0, 0.05) is 12.8 Å². The van der Waals surface area contributed by atoms with E-state index in [1.54, 1.807) is 0 Å². The van der Waals surface area contributed by atoms with Crippen LogP contribution in [0.3, 0.4) is 0 Å². The van der Waals surface area contributed by atoms with Gasteiger partial charge in [0.2, 0.25) is 0 Å². The summed E-state index contributed by atoms with van der Waals surface area (Å²) in [5, 5.41) is 0. The number of ether oxygens (including phenoxy) is 2. The van der Waals surface area contributed by atoms with Crippen molar-refractivity contribution in [1.29, 1.82) is 0 Å². The maximum absolute atomic E-state index is 12.9. The molecule has 0 heterocycles. The summed E-state index contributed by atoms with van der Waals surface area (Å²) in [6.07, 6.45) is 122. The Bertz CT molecular complexity index is 2230. The standard InChI is InChI=1S/C94H166NO8P/c1-6-8-10-12-14-16-18-20-22-24-26-28-30-32-34-36-38-40-42-44-46-47-49-51-53-55-57-59-61-63-65-67-69-71-73-75-77-79-81-83-85-87-94(97)103-92(91-102-104(98,99)101-89-88-95(3,4)5)90-100-93(96)86-84-82-80-78-76-74-72-70-68-66-64-62-60-58-56-54-52-50-48-45-43-41-39-37-35-33-31-29-27-25-23-21-19-17-15-13-11-9-7-2/h8,10,14,16,19-22,25-28,32,34,38,40,44,46,49,51,55,57,92H,6-7,9,11-13,15,17-18,23-24,29-31,33,35-37,39,41-43,45,47-48,50,52-54,56,58-91H2,1-5H3/b10-8-,16-14-,21-19-,22-20-,27-25-,28-26-,34-32-,40-38-,46-44-,51-49-,57-55-. The lowest BCUT2D eigenvalue weighted by molar-refractivity contribution is -0.870. The molecule has 0 aliphatic heterocycles. The van der Waals surface area contributed by atoms with Crippen LogP contribution in [0.5, 0.6) is 0 Å². The summed E-state index contributed by atoms with van der Waals surface area (Å²) in [7, 11) is 1.17. The minimum Gasteiger partial charge on any atom is -0.756 e. The number of hydrogen-bond acceptors (Lipinski definition) is 8. The number of phosphoric ester groups is 1. The van der Waals surface area contributed by atoms with E-state index >= 15 is 0 Å². The zero-order valence-electron chi connectivity index (χ0n) is 68.7. The van der Waals surface area contributed by atoms with E-state index in [9.17, 15) is 19.0 Å². The highest BCUT2D eigenvalue weighted by molar-refractivity contribution is 7.45. The third-order valence-corrected chi connectivity index (χ3v) is 20.1. The van der Waals surface area contributed by atoms with Crippen LogP contribution in [-0.2, 0) is 32.7 Å². The van der Waals surface area contributed by atoms with Crippen LogP contribution < -0.4 is 4.89 Å². The normalized spacial score (nSPS) is 13.6. The number of unbranched alkanes of at least 4 members (excludes halogenated alkanes) is 45. The second kappa shape index (κ2) is 83.2. The van der Waals surface area contributed by atoms with Gasteiger partial charge in [-0.25, -0.2) is 0 Å². The molecule has 0 N–H and O–H groups in total. The van der Waals surface area contributed by atoms with E-state index in [2.05, 4.69) is 148 Å². The number of likely N-dealkylation sites (N-methyl/N-ethyl adjacent to an activating group) is 1. The predicted octanol–water partition coefficient (Wildman–Crippen LogP) is 29.2. The summed E-state index contributed by atoms with van der Waals surface area (Å²) in [5.41, 5.74) is 0. The van der Waals surface area contributed by atoms with Gasteiger partial charge in [-0.1, -0.05) is 404 Å². The molecule has 0 bridgehead atoms. The Morgan fingerprint density at radius 3 is 0.817 bits per heavy atom. The van der Waals surface area contributed by atoms with Crippen molar-refractivity contribution in [1.82, 2.24) is 0 Å². The Hall–Kier alpha value is -3.85. The van der Waals surface area contributed by atoms with E-state index in [0.29, 0.717) is 17.4 Å². The fourth-order valence-electron chi connectivity index (χ4n) is 12.5. The van der Waals surface area contributed by atoms with Crippen molar-refractivity contribution in [3.63, 3.8) is 0 Å². The molecule has 2 unspecified atom stereocenters. The highest BCUT2D eigenvalue weighted by Crippen LogP contribution is 2.38. The lowest BCUT2D eigenvalue weighted by Crippen LogP contribution is -2.37. The van der Waals surface area contributed by atoms with Crippen molar-refractivity contribution in [3.05, 3.63) is 134 Å². The van der Waals surface area contributed by atoms with Gasteiger partial charge in [-0.15, -0.1) is 0 Å². The predicted molar refractivity (Wildman–Crippen MR) is 452 cm³/mol. The van der Waals surface area contributed by atoms with Crippen LogP contribution in [0.1, 0.15) is 399 Å². The highest BCUT2D eigenvalue weighted by Gasteiger charge is 2.22. The summed E-state index contributed by atoms with van der Waals surface area (Å²) in [6.45, 7) is 4.16. The first-order chi connectivity index (χ1) is 51.0. The van der Waals surface area contributed by atoms with Gasteiger partial charge in [-0.05, 0) is 116 Å². The minimum atomic E-state index is -4.65. The van der Waals surface area contributed by atoms with E-state index < -0.39 is 26.5 Å². The van der Waals surface area contributed by atoms with E-state index in [4.69, 9.17) is 18.5 Å². The molecule has 10 heteroatoms. The number of allylic oxidation sites excluding steroid dienone is 22. The highest BCUT2D eigenvalue weighted by atomic mass is 31.2. The number of rotatable bonds is 81. The quantitative estimate of drug-likeness (QED) is 0.0195. The van der Waals surface area contributed by atoms with Crippen LogP contribution in [0, 0.1) is 0 Å². The molecule has 104 heavy (non-hydrogen) atoms. The summed E-state index contributed by atoms with van der Waals surface area (Å²) < 4.78 is 34.5. The Morgan fingerprint density at radius 2 is 0.548 bits per heavy atom. The average Bonchev–Trinajstić information content (AvgIpc) is 0.920. The number of carbonyl (C=O) groups excluding carboxylic acids is 2. The molecular weight excluding hydrogens is 1300 g/mol. The molecule has 0 saturated carbocycles. The van der Waals surface area contributed by atoms with Crippen LogP contribution in [0.25, 0.3) is 0 Å². The van der Waals surface area contributed by atoms with Crippen LogP contribution in [-0.4, -0.2) is 70.0 Å². The van der Waals surface area contributed by atoms with Crippen molar-refractivity contribution in [3.8, 4) is 0 Å². The Kier molecular flexibility index (Phi) is 80.1. The zero-order chi connectivity index (χ0) is 75.4.